The van der Waals surface area contributed by atoms with Crippen molar-refractivity contribution in [1.29, 1.82) is 0 Å². The predicted octanol–water partition coefficient (Wildman–Crippen LogP) is 2.16. The van der Waals surface area contributed by atoms with Gasteiger partial charge in [0, 0.05) is 11.2 Å². The van der Waals surface area contributed by atoms with Gasteiger partial charge in [-0.3, -0.25) is 19.3 Å². The fourth-order valence-corrected chi connectivity index (χ4v) is 3.45. The van der Waals surface area contributed by atoms with Gasteiger partial charge in [0.1, 0.15) is 10.9 Å². The third kappa shape index (κ3) is 4.66. The van der Waals surface area contributed by atoms with Crippen molar-refractivity contribution in [2.45, 2.75) is 45.7 Å². The van der Waals surface area contributed by atoms with E-state index in [0.29, 0.717) is 12.1 Å². The molecular weight excluding hydrogens is 378 g/mol. The van der Waals surface area contributed by atoms with E-state index in [-0.39, 0.29) is 22.2 Å². The van der Waals surface area contributed by atoms with E-state index in [2.05, 4.69) is 9.69 Å². The van der Waals surface area contributed by atoms with Crippen LogP contribution in [0, 0.1) is 0 Å². The van der Waals surface area contributed by atoms with Gasteiger partial charge in [-0.1, -0.05) is 25.1 Å². The van der Waals surface area contributed by atoms with Gasteiger partial charge in [-0.25, -0.2) is 0 Å². The van der Waals surface area contributed by atoms with Crippen molar-refractivity contribution < 1.29 is 14.4 Å². The van der Waals surface area contributed by atoms with Crippen molar-refractivity contribution in [2.24, 2.45) is 5.73 Å². The van der Waals surface area contributed by atoms with Crippen LogP contribution in [0.3, 0.4) is 0 Å². The average Bonchev–Trinajstić information content (AvgIpc) is 2.99. The molecule has 9 heteroatoms. The zero-order valence-corrected chi connectivity index (χ0v) is 17.2. The van der Waals surface area contributed by atoms with E-state index < -0.39 is 23.4 Å². The normalized spacial score (nSPS) is 12.3. The van der Waals surface area contributed by atoms with Crippen LogP contribution in [-0.4, -0.2) is 33.7 Å². The smallest absolute Gasteiger partial charge is 0.272 e. The number of carbonyl (C=O) groups is 3. The molecule has 1 aromatic carbocycles. The molecule has 0 saturated carbocycles. The van der Waals surface area contributed by atoms with Gasteiger partial charge in [0.25, 0.3) is 11.8 Å². The molecule has 0 aliphatic carbocycles. The maximum atomic E-state index is 13.4. The lowest BCUT2D eigenvalue weighted by atomic mass is 10.1. The van der Waals surface area contributed by atoms with Gasteiger partial charge < -0.3 is 16.8 Å². The van der Waals surface area contributed by atoms with Crippen LogP contribution in [0.4, 0.5) is 11.4 Å². The first-order valence-electron chi connectivity index (χ1n) is 8.82. The highest BCUT2D eigenvalue weighted by Gasteiger charge is 2.34. The summed E-state index contributed by atoms with van der Waals surface area (Å²) in [5.74, 6) is -1.60. The average molecular weight is 404 g/mol. The van der Waals surface area contributed by atoms with Crippen molar-refractivity contribution in [3.63, 3.8) is 0 Å². The van der Waals surface area contributed by atoms with Crippen LogP contribution in [0.15, 0.2) is 30.3 Å². The molecule has 1 atom stereocenters. The van der Waals surface area contributed by atoms with Crippen LogP contribution in [0.1, 0.15) is 54.3 Å². The Morgan fingerprint density at radius 2 is 1.82 bits per heavy atom. The Kier molecular flexibility index (Phi) is 6.40. The van der Waals surface area contributed by atoms with Gasteiger partial charge in [-0.2, -0.15) is 4.37 Å². The molecule has 0 aliphatic rings. The molecule has 8 nitrogen and oxygen atoms in total. The highest BCUT2D eigenvalue weighted by molar-refractivity contribution is 7.09. The number of nitrogens with two attached hydrogens (primary N) is 2. The molecule has 0 bridgehead atoms. The number of anilines is 2. The summed E-state index contributed by atoms with van der Waals surface area (Å²) in [7, 11) is 0. The molecule has 0 aliphatic heterocycles. The number of benzene rings is 1. The number of nitrogens with one attached hydrogen (secondary N) is 1. The Labute approximate surface area is 168 Å². The summed E-state index contributed by atoms with van der Waals surface area (Å²) in [6.45, 7) is 7.42. The van der Waals surface area contributed by atoms with E-state index in [4.69, 9.17) is 11.5 Å². The highest BCUT2D eigenvalue weighted by Crippen LogP contribution is 2.28. The zero-order valence-electron chi connectivity index (χ0n) is 16.4. The topological polar surface area (TPSA) is 131 Å². The summed E-state index contributed by atoms with van der Waals surface area (Å²) < 4.78 is 3.90. The molecule has 1 heterocycles. The van der Waals surface area contributed by atoms with Crippen LogP contribution in [-0.2, 0) is 4.79 Å². The van der Waals surface area contributed by atoms with Crippen molar-refractivity contribution >= 4 is 40.6 Å². The van der Waals surface area contributed by atoms with E-state index in [0.717, 1.165) is 11.5 Å². The van der Waals surface area contributed by atoms with E-state index in [1.165, 1.54) is 4.90 Å². The molecular formula is C19H25N5O3S. The second-order valence-electron chi connectivity index (χ2n) is 7.31. The summed E-state index contributed by atoms with van der Waals surface area (Å²) >= 11 is 0.790. The highest BCUT2D eigenvalue weighted by atomic mass is 32.1. The minimum atomic E-state index is -0.809. The van der Waals surface area contributed by atoms with Gasteiger partial charge in [-0.15, -0.1) is 0 Å². The second-order valence-corrected chi connectivity index (χ2v) is 8.09. The third-order valence-electron chi connectivity index (χ3n) is 3.91. The Balaban J connectivity index is 2.52. The number of hydrogen-bond acceptors (Lipinski definition) is 6. The first-order chi connectivity index (χ1) is 13.1. The number of carbonyl (C=O) groups excluding carboxylic acids is 3. The number of aromatic nitrogens is 1. The van der Waals surface area contributed by atoms with Gasteiger partial charge >= 0.3 is 0 Å². The molecule has 0 fully saturated rings. The zero-order chi connectivity index (χ0) is 21.1. The summed E-state index contributed by atoms with van der Waals surface area (Å²) in [6, 6.07) is 8.06. The van der Waals surface area contributed by atoms with Gasteiger partial charge in [0.05, 0.1) is 5.69 Å². The van der Waals surface area contributed by atoms with E-state index >= 15 is 0 Å². The number of nitrogens with zero attached hydrogens (tertiary/aromatic N) is 2. The number of nitrogen functional groups attached to an aromatic ring is 1. The molecule has 0 spiro atoms. The molecule has 28 heavy (non-hydrogen) atoms. The van der Waals surface area contributed by atoms with Crippen LogP contribution in [0.2, 0.25) is 0 Å². The SMILES string of the molecule is CC[C@H](C(=O)NC(C)(C)C)N(C(=O)c1snc(C(N)=O)c1N)c1ccccc1. The fourth-order valence-electron chi connectivity index (χ4n) is 2.70. The molecule has 3 amide bonds. The first-order valence-corrected chi connectivity index (χ1v) is 9.59. The lowest BCUT2D eigenvalue weighted by molar-refractivity contribution is -0.123. The number of primary amides is 1. The molecule has 0 saturated heterocycles. The maximum Gasteiger partial charge on any atom is 0.272 e. The van der Waals surface area contributed by atoms with Crippen molar-refractivity contribution in [3.05, 3.63) is 40.9 Å². The minimum Gasteiger partial charge on any atom is -0.395 e. The monoisotopic (exact) mass is 403 g/mol. The largest absolute Gasteiger partial charge is 0.395 e. The molecule has 2 aromatic rings. The third-order valence-corrected chi connectivity index (χ3v) is 4.76. The summed E-state index contributed by atoms with van der Waals surface area (Å²) in [6.07, 6.45) is 0.379. The minimum absolute atomic E-state index is 0.0691. The molecule has 1 aromatic heterocycles. The molecule has 0 unspecified atom stereocenters. The van der Waals surface area contributed by atoms with Crippen LogP contribution < -0.4 is 21.7 Å². The molecule has 150 valence electrons. The predicted molar refractivity (Wildman–Crippen MR) is 110 cm³/mol. The van der Waals surface area contributed by atoms with Gasteiger partial charge in [0.15, 0.2) is 5.69 Å². The molecule has 0 radical (unpaired) electrons. The van der Waals surface area contributed by atoms with Crippen molar-refractivity contribution in [2.75, 3.05) is 10.6 Å². The van der Waals surface area contributed by atoms with Crippen LogP contribution in [0.25, 0.3) is 0 Å². The Morgan fingerprint density at radius 3 is 2.29 bits per heavy atom. The Bertz CT molecular complexity index is 873. The maximum absolute atomic E-state index is 13.4. The summed E-state index contributed by atoms with van der Waals surface area (Å²) in [5, 5.41) is 2.91. The Morgan fingerprint density at radius 1 is 1.21 bits per heavy atom. The van der Waals surface area contributed by atoms with Gasteiger partial charge in [-0.05, 0) is 50.9 Å². The number of hydrogen-bond donors (Lipinski definition) is 3. The quantitative estimate of drug-likeness (QED) is 0.680. The second kappa shape index (κ2) is 8.39. The van der Waals surface area contributed by atoms with Crippen molar-refractivity contribution in [1.82, 2.24) is 9.69 Å². The van der Waals surface area contributed by atoms with Crippen molar-refractivity contribution in [3.8, 4) is 0 Å². The standard InChI is InChI=1S/C19H25N5O3S/c1-5-12(17(26)22-19(2,3)4)24(11-9-7-6-8-10-11)18(27)15-13(20)14(16(21)25)23-28-15/h6-10,12H,5,20H2,1-4H3,(H2,21,25)(H,22,26)/t12-/m1/s1. The Hall–Kier alpha value is -2.94. The first kappa shape index (κ1) is 21.4. The number of para-hydroxylation sites is 1. The van der Waals surface area contributed by atoms with Gasteiger partial charge in [0.2, 0.25) is 5.91 Å². The molecule has 5 N–H and O–H groups in total. The number of amides is 3. The van der Waals surface area contributed by atoms with E-state index in [9.17, 15) is 14.4 Å². The van der Waals surface area contributed by atoms with E-state index in [1.807, 2.05) is 33.8 Å². The van der Waals surface area contributed by atoms with E-state index in [1.54, 1.807) is 24.3 Å². The fraction of sp³-hybridized carbons (Fsp3) is 0.368. The number of rotatable bonds is 6. The summed E-state index contributed by atoms with van der Waals surface area (Å²) in [5.41, 5.74) is 11.1. The lowest BCUT2D eigenvalue weighted by Crippen LogP contribution is -2.54. The lowest BCUT2D eigenvalue weighted by Gasteiger charge is -2.32. The van der Waals surface area contributed by atoms with Crippen LogP contribution in [0.5, 0.6) is 0 Å². The van der Waals surface area contributed by atoms with Crippen LogP contribution >= 0.6 is 11.5 Å². The molecule has 2 rings (SSSR count). The summed E-state index contributed by atoms with van der Waals surface area (Å²) in [4.78, 5) is 39.2.